The predicted molar refractivity (Wildman–Crippen MR) is 110 cm³/mol. The van der Waals surface area contributed by atoms with Crippen LogP contribution in [0.1, 0.15) is 53.9 Å². The van der Waals surface area contributed by atoms with E-state index >= 15 is 4.39 Å². The number of fused-ring (bicyclic) bond motifs is 1. The molecule has 4 atom stereocenters. The number of nitrogens with zero attached hydrogens (tertiary/aromatic N) is 1. The Hall–Kier alpha value is -2.48. The minimum atomic E-state index is -1.35. The summed E-state index contributed by atoms with van der Waals surface area (Å²) in [7, 11) is 1.41. The summed E-state index contributed by atoms with van der Waals surface area (Å²) in [5.41, 5.74) is 6.57. The highest BCUT2D eigenvalue weighted by atomic mass is 19.1. The van der Waals surface area contributed by atoms with Crippen molar-refractivity contribution < 1.29 is 28.2 Å². The van der Waals surface area contributed by atoms with Crippen LogP contribution < -0.4 is 15.4 Å². The maximum atomic E-state index is 15.5. The van der Waals surface area contributed by atoms with Crippen LogP contribution >= 0.6 is 0 Å². The van der Waals surface area contributed by atoms with E-state index < -0.39 is 23.7 Å². The highest BCUT2D eigenvalue weighted by molar-refractivity contribution is 6.24. The first-order chi connectivity index (χ1) is 14.8. The van der Waals surface area contributed by atoms with E-state index in [1.165, 1.54) is 13.2 Å². The molecule has 1 heterocycles. The third-order valence-corrected chi connectivity index (χ3v) is 7.56. The fraction of sp³-hybridized carbons (Fsp3) is 0.565. The number of Topliss-reactive ketones (excluding diaryl/α,β-unsaturated/α-hetero) is 1. The Morgan fingerprint density at radius 1 is 1.39 bits per heavy atom. The summed E-state index contributed by atoms with van der Waals surface area (Å²) in [4.78, 5) is 26.6. The number of ketones is 1. The van der Waals surface area contributed by atoms with E-state index in [1.54, 1.807) is 0 Å². The van der Waals surface area contributed by atoms with Crippen molar-refractivity contribution in [3.63, 3.8) is 0 Å². The Morgan fingerprint density at radius 2 is 2.10 bits per heavy atom. The fourth-order valence-corrected chi connectivity index (χ4v) is 5.54. The van der Waals surface area contributed by atoms with E-state index in [2.05, 4.69) is 0 Å². The number of carboxylic acid groups (broad SMARTS) is 1. The highest BCUT2D eigenvalue weighted by Crippen LogP contribution is 2.57. The van der Waals surface area contributed by atoms with Crippen molar-refractivity contribution >= 4 is 17.4 Å². The molecule has 1 spiro atoms. The molecule has 6 nitrogen and oxygen atoms in total. The number of carbonyl (C=O) groups excluding carboxylic acids is 1. The Morgan fingerprint density at radius 3 is 2.65 bits per heavy atom. The number of rotatable bonds is 4. The van der Waals surface area contributed by atoms with E-state index in [4.69, 9.17) is 10.5 Å². The zero-order chi connectivity index (χ0) is 22.1. The van der Waals surface area contributed by atoms with Gasteiger partial charge in [-0.15, -0.1) is 0 Å². The van der Waals surface area contributed by atoms with Crippen molar-refractivity contribution in [2.45, 2.75) is 50.2 Å². The Kier molecular flexibility index (Phi) is 4.62. The van der Waals surface area contributed by atoms with Gasteiger partial charge in [0.2, 0.25) is 5.78 Å². The summed E-state index contributed by atoms with van der Waals surface area (Å²) in [5.74, 6) is -3.18. The highest BCUT2D eigenvalue weighted by Gasteiger charge is 2.55. The molecule has 3 fully saturated rings. The molecule has 1 aromatic rings. The molecular formula is C23H26F2N2O4. The van der Waals surface area contributed by atoms with Gasteiger partial charge in [0.15, 0.2) is 5.82 Å². The lowest BCUT2D eigenvalue weighted by Gasteiger charge is -2.29. The standard InChI is InChI=1S/C23H26F2N2O4/c1-31-21-18-11(13-7-15(13)24)3-2-4-12(22(29)30)20(28)14(18)8-16(25)19(21)27-9-17(26)23(10-27)5-6-23/h4,8,11,13,15,17H,2-3,5-7,9-10,26H2,1H3,(H,29,30)/b12-4+. The number of alkyl halides is 1. The number of anilines is 1. The Bertz CT molecular complexity index is 1000. The topological polar surface area (TPSA) is 92.9 Å². The molecule has 2 saturated carbocycles. The normalized spacial score (nSPS) is 32.7. The third-order valence-electron chi connectivity index (χ3n) is 7.56. The number of halogens is 2. The largest absolute Gasteiger partial charge is 0.494 e. The molecular weight excluding hydrogens is 406 g/mol. The van der Waals surface area contributed by atoms with Gasteiger partial charge >= 0.3 is 5.97 Å². The quantitative estimate of drug-likeness (QED) is 0.710. The van der Waals surface area contributed by atoms with Crippen LogP contribution in [0.15, 0.2) is 17.7 Å². The van der Waals surface area contributed by atoms with Gasteiger partial charge in [-0.3, -0.25) is 4.79 Å². The van der Waals surface area contributed by atoms with Gasteiger partial charge in [-0.05, 0) is 50.0 Å². The summed E-state index contributed by atoms with van der Waals surface area (Å²) in [6.07, 6.45) is 3.55. The van der Waals surface area contributed by atoms with Crippen LogP contribution in [0, 0.1) is 17.2 Å². The molecule has 0 radical (unpaired) electrons. The molecule has 4 aliphatic rings. The van der Waals surface area contributed by atoms with Crippen LogP contribution in [0.4, 0.5) is 14.5 Å². The lowest BCUT2D eigenvalue weighted by atomic mass is 9.80. The molecule has 0 bridgehead atoms. The van der Waals surface area contributed by atoms with E-state index in [0.717, 1.165) is 18.9 Å². The minimum absolute atomic E-state index is 0.00329. The Balaban J connectivity index is 1.68. The summed E-state index contributed by atoms with van der Waals surface area (Å²) in [6, 6.07) is 1.04. The second-order valence-corrected chi connectivity index (χ2v) is 9.40. The number of carbonyl (C=O) groups is 2. The summed E-state index contributed by atoms with van der Waals surface area (Å²) in [6.45, 7) is 1.08. The number of nitrogens with two attached hydrogens (primary N) is 1. The molecule has 0 amide bonds. The van der Waals surface area contributed by atoms with Gasteiger partial charge in [0.25, 0.3) is 0 Å². The van der Waals surface area contributed by atoms with Crippen LogP contribution in [0.3, 0.4) is 0 Å². The van der Waals surface area contributed by atoms with Crippen molar-refractivity contribution in [1.82, 2.24) is 0 Å². The molecule has 3 N–H and O–H groups in total. The summed E-state index contributed by atoms with van der Waals surface area (Å²) in [5, 5.41) is 9.50. The van der Waals surface area contributed by atoms with Crippen LogP contribution in [0.2, 0.25) is 0 Å². The van der Waals surface area contributed by atoms with Crippen molar-refractivity contribution in [2.24, 2.45) is 17.1 Å². The lowest BCUT2D eigenvalue weighted by Crippen LogP contribution is -2.31. The van der Waals surface area contributed by atoms with Crippen molar-refractivity contribution in [1.29, 1.82) is 0 Å². The van der Waals surface area contributed by atoms with Crippen LogP contribution in [0.25, 0.3) is 0 Å². The molecule has 5 rings (SSSR count). The second kappa shape index (κ2) is 7.02. The smallest absolute Gasteiger partial charge is 0.339 e. The van der Waals surface area contributed by atoms with Crippen LogP contribution in [-0.2, 0) is 4.79 Å². The molecule has 166 valence electrons. The van der Waals surface area contributed by atoms with Gasteiger partial charge in [-0.25, -0.2) is 13.6 Å². The number of allylic oxidation sites excluding steroid dienone is 1. The SMILES string of the molecule is COc1c2c(cc(F)c1N1CC(N)C3(CC3)C1)C(=O)/C(C(=O)O)=C\CCC2C1CC1F. The first kappa shape index (κ1) is 20.4. The molecule has 8 heteroatoms. The molecule has 31 heavy (non-hydrogen) atoms. The average molecular weight is 432 g/mol. The summed E-state index contributed by atoms with van der Waals surface area (Å²) < 4.78 is 35.3. The third kappa shape index (κ3) is 3.14. The molecule has 0 aromatic heterocycles. The zero-order valence-corrected chi connectivity index (χ0v) is 17.4. The van der Waals surface area contributed by atoms with E-state index in [1.807, 2.05) is 4.90 Å². The van der Waals surface area contributed by atoms with Gasteiger partial charge in [0.05, 0.1) is 7.11 Å². The van der Waals surface area contributed by atoms with E-state index in [9.17, 15) is 19.1 Å². The predicted octanol–water partition coefficient (Wildman–Crippen LogP) is 3.19. The van der Waals surface area contributed by atoms with Crippen molar-refractivity contribution in [3.8, 4) is 5.75 Å². The maximum absolute atomic E-state index is 15.5. The van der Waals surface area contributed by atoms with Crippen LogP contribution in [0.5, 0.6) is 5.75 Å². The zero-order valence-electron chi connectivity index (χ0n) is 17.4. The van der Waals surface area contributed by atoms with Crippen molar-refractivity contribution in [2.75, 3.05) is 25.1 Å². The van der Waals surface area contributed by atoms with Gasteiger partial charge < -0.3 is 20.5 Å². The number of hydrogen-bond acceptors (Lipinski definition) is 5. The van der Waals surface area contributed by atoms with Crippen LogP contribution in [-0.4, -0.2) is 49.3 Å². The lowest BCUT2D eigenvalue weighted by molar-refractivity contribution is -0.132. The number of ether oxygens (including phenoxy) is 1. The number of methoxy groups -OCH3 is 1. The van der Waals surface area contributed by atoms with Gasteiger partial charge in [0, 0.05) is 35.7 Å². The number of benzene rings is 1. The van der Waals surface area contributed by atoms with E-state index in [-0.39, 0.29) is 45.9 Å². The van der Waals surface area contributed by atoms with Gasteiger partial charge in [0.1, 0.15) is 23.2 Å². The summed E-state index contributed by atoms with van der Waals surface area (Å²) >= 11 is 0. The molecule has 1 aliphatic heterocycles. The van der Waals surface area contributed by atoms with Gasteiger partial charge in [-0.1, -0.05) is 6.08 Å². The molecule has 4 unspecified atom stereocenters. The number of carboxylic acids is 1. The van der Waals surface area contributed by atoms with E-state index in [0.29, 0.717) is 37.9 Å². The van der Waals surface area contributed by atoms with Gasteiger partial charge in [-0.2, -0.15) is 0 Å². The Labute approximate surface area is 179 Å². The second-order valence-electron chi connectivity index (χ2n) is 9.40. The minimum Gasteiger partial charge on any atom is -0.494 e. The first-order valence-corrected chi connectivity index (χ1v) is 10.8. The molecule has 1 saturated heterocycles. The monoisotopic (exact) mass is 432 g/mol. The molecule has 1 aromatic carbocycles. The number of aliphatic carboxylic acids is 1. The number of hydrogen-bond donors (Lipinski definition) is 2. The fourth-order valence-electron chi connectivity index (χ4n) is 5.54. The first-order valence-electron chi connectivity index (χ1n) is 10.8. The van der Waals surface area contributed by atoms with Crippen molar-refractivity contribution in [3.05, 3.63) is 34.7 Å². The average Bonchev–Trinajstić information content (AvgIpc) is 3.61. The maximum Gasteiger partial charge on any atom is 0.339 e. The molecule has 3 aliphatic carbocycles.